The van der Waals surface area contributed by atoms with Crippen molar-refractivity contribution < 1.29 is 9.53 Å². The number of rotatable bonds is 7. The number of hydrogen-bond donors (Lipinski definition) is 1. The average molecular weight is 389 g/mol. The number of benzene rings is 1. The van der Waals surface area contributed by atoms with Crippen LogP contribution in [-0.4, -0.2) is 37.4 Å². The summed E-state index contributed by atoms with van der Waals surface area (Å²) in [5.74, 6) is 1.09. The minimum Gasteiger partial charge on any atom is -0.470 e. The van der Waals surface area contributed by atoms with Gasteiger partial charge in [0.2, 0.25) is 5.88 Å². The van der Waals surface area contributed by atoms with Crippen molar-refractivity contribution in [2.24, 2.45) is 7.05 Å². The van der Waals surface area contributed by atoms with Crippen LogP contribution in [0.25, 0.3) is 21.9 Å². The van der Waals surface area contributed by atoms with Crippen LogP contribution in [0.1, 0.15) is 42.0 Å². The lowest BCUT2D eigenvalue weighted by atomic mass is 10.0. The van der Waals surface area contributed by atoms with Gasteiger partial charge in [-0.3, -0.25) is 14.6 Å². The van der Waals surface area contributed by atoms with Gasteiger partial charge in [0.1, 0.15) is 6.61 Å². The maximum atomic E-state index is 12.4. The number of aromatic amines is 1. The van der Waals surface area contributed by atoms with Gasteiger partial charge in [-0.25, -0.2) is 0 Å². The molecule has 1 aliphatic rings. The number of ether oxygens (including phenoxy) is 1. The Morgan fingerprint density at radius 1 is 1.34 bits per heavy atom. The molecule has 7 heteroatoms. The molecule has 0 atom stereocenters. The number of H-pyrrole nitrogens is 1. The van der Waals surface area contributed by atoms with Crippen LogP contribution in [0.5, 0.6) is 5.88 Å². The van der Waals surface area contributed by atoms with Crippen LogP contribution in [0.3, 0.4) is 0 Å². The number of nitrogens with zero attached hydrogens (tertiary/aromatic N) is 4. The van der Waals surface area contributed by atoms with Gasteiger partial charge in [-0.1, -0.05) is 12.1 Å². The van der Waals surface area contributed by atoms with E-state index in [0.29, 0.717) is 24.6 Å². The SMILES string of the molecule is Cc1cc(OCC(=O)CCc2cccc3[nH]ncc23)nc2c1c(C1CC1)nn2C. The summed E-state index contributed by atoms with van der Waals surface area (Å²) in [4.78, 5) is 17.0. The van der Waals surface area contributed by atoms with E-state index in [1.807, 2.05) is 36.0 Å². The number of pyridine rings is 1. The fraction of sp³-hybridized carbons (Fsp3) is 0.364. The Hall–Kier alpha value is -3.22. The average Bonchev–Trinajstić information content (AvgIpc) is 3.34. The van der Waals surface area contributed by atoms with E-state index in [0.717, 1.165) is 38.8 Å². The van der Waals surface area contributed by atoms with Gasteiger partial charge in [0.25, 0.3) is 0 Å². The topological polar surface area (TPSA) is 85.7 Å². The van der Waals surface area contributed by atoms with Crippen molar-refractivity contribution in [3.63, 3.8) is 0 Å². The van der Waals surface area contributed by atoms with Gasteiger partial charge in [0, 0.05) is 36.2 Å². The van der Waals surface area contributed by atoms with Crippen LogP contribution in [0, 0.1) is 6.92 Å². The lowest BCUT2D eigenvalue weighted by molar-refractivity contribution is -0.121. The predicted octanol–water partition coefficient (Wildman–Crippen LogP) is 3.61. The van der Waals surface area contributed by atoms with Gasteiger partial charge < -0.3 is 4.74 Å². The van der Waals surface area contributed by atoms with Crippen LogP contribution in [-0.2, 0) is 18.3 Å². The number of nitrogens with one attached hydrogen (secondary N) is 1. The molecule has 5 rings (SSSR count). The Kier molecular flexibility index (Phi) is 4.30. The Balaban J connectivity index is 1.26. The highest BCUT2D eigenvalue weighted by atomic mass is 16.5. The largest absolute Gasteiger partial charge is 0.470 e. The Labute approximate surface area is 168 Å². The molecule has 0 unspecified atom stereocenters. The number of aromatic nitrogens is 5. The van der Waals surface area contributed by atoms with Crippen molar-refractivity contribution in [1.29, 1.82) is 0 Å². The number of carbonyl (C=O) groups is 1. The van der Waals surface area contributed by atoms with Crippen molar-refractivity contribution >= 4 is 27.7 Å². The van der Waals surface area contributed by atoms with E-state index in [2.05, 4.69) is 27.2 Å². The van der Waals surface area contributed by atoms with Crippen LogP contribution >= 0.6 is 0 Å². The van der Waals surface area contributed by atoms with Crippen molar-refractivity contribution in [2.45, 2.75) is 38.5 Å². The van der Waals surface area contributed by atoms with Crippen molar-refractivity contribution in [3.8, 4) is 5.88 Å². The molecule has 0 aliphatic heterocycles. The number of ketones is 1. The summed E-state index contributed by atoms with van der Waals surface area (Å²) in [5.41, 5.74) is 5.16. The van der Waals surface area contributed by atoms with E-state index in [1.54, 1.807) is 6.20 Å². The summed E-state index contributed by atoms with van der Waals surface area (Å²) >= 11 is 0. The quantitative estimate of drug-likeness (QED) is 0.522. The predicted molar refractivity (Wildman–Crippen MR) is 110 cm³/mol. The Morgan fingerprint density at radius 2 is 2.21 bits per heavy atom. The smallest absolute Gasteiger partial charge is 0.215 e. The fourth-order valence-corrected chi connectivity index (χ4v) is 3.90. The van der Waals surface area contributed by atoms with Crippen molar-refractivity contribution in [1.82, 2.24) is 25.0 Å². The molecule has 1 N–H and O–H groups in total. The number of fused-ring (bicyclic) bond motifs is 2. The summed E-state index contributed by atoms with van der Waals surface area (Å²) in [6.45, 7) is 2.07. The highest BCUT2D eigenvalue weighted by Gasteiger charge is 2.30. The molecule has 29 heavy (non-hydrogen) atoms. The first kappa shape index (κ1) is 17.8. The first-order chi connectivity index (χ1) is 14.1. The van der Waals surface area contributed by atoms with Crippen molar-refractivity contribution in [2.75, 3.05) is 6.61 Å². The van der Waals surface area contributed by atoms with Crippen LogP contribution in [0.15, 0.2) is 30.5 Å². The van der Waals surface area contributed by atoms with Gasteiger partial charge in [0.05, 0.1) is 17.4 Å². The highest BCUT2D eigenvalue weighted by molar-refractivity contribution is 5.85. The zero-order valence-electron chi connectivity index (χ0n) is 16.6. The van der Waals surface area contributed by atoms with E-state index in [-0.39, 0.29) is 12.4 Å². The fourth-order valence-electron chi connectivity index (χ4n) is 3.90. The summed E-state index contributed by atoms with van der Waals surface area (Å²) in [5, 5.41) is 13.9. The van der Waals surface area contributed by atoms with Gasteiger partial charge in [-0.2, -0.15) is 15.2 Å². The number of carbonyl (C=O) groups excluding carboxylic acids is 1. The molecule has 1 aliphatic carbocycles. The highest BCUT2D eigenvalue weighted by Crippen LogP contribution is 2.43. The van der Waals surface area contributed by atoms with E-state index < -0.39 is 0 Å². The van der Waals surface area contributed by atoms with Crippen LogP contribution in [0.4, 0.5) is 0 Å². The number of hydrogen-bond acceptors (Lipinski definition) is 5. The number of aryl methyl sites for hydroxylation is 3. The molecule has 0 spiro atoms. The molecule has 1 fully saturated rings. The molecule has 7 nitrogen and oxygen atoms in total. The Morgan fingerprint density at radius 3 is 3.03 bits per heavy atom. The summed E-state index contributed by atoms with van der Waals surface area (Å²) in [6, 6.07) is 7.90. The molecule has 148 valence electrons. The molecule has 4 aromatic rings. The first-order valence-corrected chi connectivity index (χ1v) is 10.00. The van der Waals surface area contributed by atoms with E-state index in [1.165, 1.54) is 12.8 Å². The maximum Gasteiger partial charge on any atom is 0.215 e. The third-order valence-electron chi connectivity index (χ3n) is 5.59. The maximum absolute atomic E-state index is 12.4. The van der Waals surface area contributed by atoms with Crippen LogP contribution < -0.4 is 4.74 Å². The molecule has 0 saturated heterocycles. The van der Waals surface area contributed by atoms with Gasteiger partial charge in [0.15, 0.2) is 11.4 Å². The molecule has 1 saturated carbocycles. The molecular weight excluding hydrogens is 366 g/mol. The summed E-state index contributed by atoms with van der Waals surface area (Å²) in [6.07, 6.45) is 5.28. The third kappa shape index (κ3) is 3.37. The van der Waals surface area contributed by atoms with Gasteiger partial charge in [-0.15, -0.1) is 0 Å². The lowest BCUT2D eigenvalue weighted by Gasteiger charge is -2.08. The molecular formula is C22H23N5O2. The van der Waals surface area contributed by atoms with Crippen LogP contribution in [0.2, 0.25) is 0 Å². The summed E-state index contributed by atoms with van der Waals surface area (Å²) in [7, 11) is 1.91. The van der Waals surface area contributed by atoms with E-state index in [4.69, 9.17) is 4.74 Å². The number of Topliss-reactive ketones (excluding diaryl/α,β-unsaturated/α-hetero) is 1. The summed E-state index contributed by atoms with van der Waals surface area (Å²) < 4.78 is 7.55. The third-order valence-corrected chi connectivity index (χ3v) is 5.59. The zero-order chi connectivity index (χ0) is 20.0. The minimum absolute atomic E-state index is 0.0205. The molecule has 1 aromatic carbocycles. The lowest BCUT2D eigenvalue weighted by Crippen LogP contribution is -2.13. The first-order valence-electron chi connectivity index (χ1n) is 10.00. The minimum atomic E-state index is 0.0205. The second-order valence-corrected chi connectivity index (χ2v) is 7.83. The normalized spacial score (nSPS) is 14.0. The second kappa shape index (κ2) is 6.99. The zero-order valence-corrected chi connectivity index (χ0v) is 16.6. The molecule has 0 bridgehead atoms. The van der Waals surface area contributed by atoms with E-state index >= 15 is 0 Å². The van der Waals surface area contributed by atoms with Gasteiger partial charge >= 0.3 is 0 Å². The van der Waals surface area contributed by atoms with Gasteiger partial charge in [-0.05, 0) is 43.4 Å². The molecule has 0 amide bonds. The molecule has 3 aromatic heterocycles. The molecule has 3 heterocycles. The Bertz CT molecular complexity index is 1220. The molecule has 0 radical (unpaired) electrons. The second-order valence-electron chi connectivity index (χ2n) is 7.83. The monoisotopic (exact) mass is 389 g/mol. The standard InChI is InChI=1S/C22H23N5O2/c1-13-10-19(24-22-20(13)21(15-6-7-15)26-27(22)2)29-12-16(28)9-8-14-4-3-5-18-17(14)11-23-25-18/h3-5,10-11,15H,6-9,12H2,1-2H3,(H,23,25). The van der Waals surface area contributed by atoms with E-state index in [9.17, 15) is 4.79 Å². The van der Waals surface area contributed by atoms with Crippen molar-refractivity contribution in [3.05, 3.63) is 47.3 Å².